The van der Waals surface area contributed by atoms with Gasteiger partial charge in [-0.3, -0.25) is 9.59 Å². The van der Waals surface area contributed by atoms with Crippen LogP contribution in [0.4, 0.5) is 10.5 Å². The molecule has 2 aromatic rings. The van der Waals surface area contributed by atoms with E-state index in [0.29, 0.717) is 18.7 Å². The highest BCUT2D eigenvalue weighted by atomic mass is 16.5. The van der Waals surface area contributed by atoms with E-state index in [1.54, 1.807) is 24.3 Å². The number of rotatable bonds is 9. The van der Waals surface area contributed by atoms with E-state index in [9.17, 15) is 14.4 Å². The Bertz CT molecular complexity index is 793. The Kier molecular flexibility index (Phi) is 8.52. The molecule has 7 heteroatoms. The molecule has 0 radical (unpaired) electrons. The Hall–Kier alpha value is -3.35. The largest absolute Gasteiger partial charge is 0.456 e. The molecule has 28 heavy (non-hydrogen) atoms. The average Bonchev–Trinajstić information content (AvgIpc) is 2.68. The van der Waals surface area contributed by atoms with Crippen molar-refractivity contribution in [3.05, 3.63) is 65.7 Å². The van der Waals surface area contributed by atoms with Gasteiger partial charge in [0.25, 0.3) is 5.91 Å². The molecule has 0 aliphatic rings. The normalized spacial score (nSPS) is 10.0. The predicted molar refractivity (Wildman–Crippen MR) is 107 cm³/mol. The molecule has 0 fully saturated rings. The first kappa shape index (κ1) is 21.0. The molecule has 0 atom stereocenters. The second kappa shape index (κ2) is 11.4. The second-order valence-electron chi connectivity index (χ2n) is 6.18. The summed E-state index contributed by atoms with van der Waals surface area (Å²) >= 11 is 0. The first-order chi connectivity index (χ1) is 13.5. The summed E-state index contributed by atoms with van der Waals surface area (Å²) in [6.07, 6.45) is 0.700. The van der Waals surface area contributed by atoms with Crippen molar-refractivity contribution in [2.75, 3.05) is 25.0 Å². The van der Waals surface area contributed by atoms with Gasteiger partial charge in [-0.1, -0.05) is 42.5 Å². The molecule has 2 rings (SSSR count). The molecule has 0 saturated heterocycles. The van der Waals surface area contributed by atoms with Gasteiger partial charge in [0, 0.05) is 18.8 Å². The van der Waals surface area contributed by atoms with Crippen LogP contribution in [0, 0.1) is 6.92 Å². The van der Waals surface area contributed by atoms with Crippen LogP contribution in [0.5, 0.6) is 0 Å². The highest BCUT2D eigenvalue weighted by molar-refractivity contribution is 5.89. The van der Waals surface area contributed by atoms with Crippen molar-refractivity contribution in [2.24, 2.45) is 0 Å². The van der Waals surface area contributed by atoms with E-state index in [1.165, 1.54) is 11.1 Å². The lowest BCUT2D eigenvalue weighted by Gasteiger charge is -2.09. The minimum absolute atomic E-state index is 0.0152. The Morgan fingerprint density at radius 3 is 2.36 bits per heavy atom. The van der Waals surface area contributed by atoms with Gasteiger partial charge in [0.2, 0.25) is 0 Å². The molecule has 0 heterocycles. The lowest BCUT2D eigenvalue weighted by atomic mass is 10.1. The molecule has 0 saturated carbocycles. The summed E-state index contributed by atoms with van der Waals surface area (Å²) in [5.74, 6) is -0.897. The average molecular weight is 383 g/mol. The van der Waals surface area contributed by atoms with E-state index in [1.807, 2.05) is 37.3 Å². The number of carbonyl (C=O) groups is 3. The number of amides is 3. The third-order valence-corrected chi connectivity index (χ3v) is 3.99. The van der Waals surface area contributed by atoms with Crippen molar-refractivity contribution >= 4 is 23.6 Å². The summed E-state index contributed by atoms with van der Waals surface area (Å²) in [6.45, 7) is 2.28. The van der Waals surface area contributed by atoms with Gasteiger partial charge in [-0.15, -0.1) is 0 Å². The fraction of sp³-hybridized carbons (Fsp3) is 0.286. The van der Waals surface area contributed by atoms with Crippen LogP contribution >= 0.6 is 0 Å². The summed E-state index contributed by atoms with van der Waals surface area (Å²) in [6, 6.07) is 16.5. The fourth-order valence-electron chi connectivity index (χ4n) is 2.47. The van der Waals surface area contributed by atoms with Crippen molar-refractivity contribution in [2.45, 2.75) is 19.8 Å². The lowest BCUT2D eigenvalue weighted by Crippen LogP contribution is -2.32. The van der Waals surface area contributed by atoms with Gasteiger partial charge in [-0.25, -0.2) is 4.79 Å². The standard InChI is InChI=1S/C21H25N3O4/c1-16-7-5-6-8-17(16)11-13-22-19(25)15-28-20(26)12-14-23-21(27)24-18-9-3-2-4-10-18/h2-10H,11-15H2,1H3,(H,22,25)(H2,23,24,27). The van der Waals surface area contributed by atoms with E-state index < -0.39 is 12.0 Å². The highest BCUT2D eigenvalue weighted by Crippen LogP contribution is 2.06. The molecule has 0 aromatic heterocycles. The van der Waals surface area contributed by atoms with E-state index in [2.05, 4.69) is 16.0 Å². The maximum absolute atomic E-state index is 11.7. The van der Waals surface area contributed by atoms with Gasteiger partial charge >= 0.3 is 12.0 Å². The molecule has 0 bridgehead atoms. The summed E-state index contributed by atoms with van der Waals surface area (Å²) in [5, 5.41) is 7.92. The van der Waals surface area contributed by atoms with Gasteiger partial charge in [-0.05, 0) is 36.6 Å². The number of nitrogens with one attached hydrogen (secondary N) is 3. The first-order valence-corrected chi connectivity index (χ1v) is 9.11. The molecule has 2 aromatic carbocycles. The van der Waals surface area contributed by atoms with Gasteiger partial charge in [0.15, 0.2) is 6.61 Å². The van der Waals surface area contributed by atoms with Crippen LogP contribution in [0.3, 0.4) is 0 Å². The van der Waals surface area contributed by atoms with Crippen molar-refractivity contribution in [3.63, 3.8) is 0 Å². The minimum atomic E-state index is -0.547. The van der Waals surface area contributed by atoms with Gasteiger partial charge < -0.3 is 20.7 Å². The number of aryl methyl sites for hydroxylation is 1. The third-order valence-electron chi connectivity index (χ3n) is 3.99. The van der Waals surface area contributed by atoms with E-state index in [0.717, 1.165) is 0 Å². The molecule has 0 aliphatic heterocycles. The number of urea groups is 1. The maximum atomic E-state index is 11.7. The maximum Gasteiger partial charge on any atom is 0.319 e. The Morgan fingerprint density at radius 1 is 0.893 bits per heavy atom. The SMILES string of the molecule is Cc1ccccc1CCNC(=O)COC(=O)CCNC(=O)Nc1ccccc1. The molecule has 7 nitrogen and oxygen atoms in total. The summed E-state index contributed by atoms with van der Waals surface area (Å²) in [7, 11) is 0. The van der Waals surface area contributed by atoms with E-state index >= 15 is 0 Å². The number of para-hydroxylation sites is 1. The molecule has 3 amide bonds. The molecular weight excluding hydrogens is 358 g/mol. The van der Waals surface area contributed by atoms with Gasteiger partial charge in [0.1, 0.15) is 0 Å². The monoisotopic (exact) mass is 383 g/mol. The van der Waals surface area contributed by atoms with Gasteiger partial charge in [-0.2, -0.15) is 0 Å². The van der Waals surface area contributed by atoms with E-state index in [-0.39, 0.29) is 25.5 Å². The van der Waals surface area contributed by atoms with Crippen molar-refractivity contribution in [1.29, 1.82) is 0 Å². The molecule has 0 unspecified atom stereocenters. The quantitative estimate of drug-likeness (QED) is 0.580. The topological polar surface area (TPSA) is 96.5 Å². The van der Waals surface area contributed by atoms with Crippen LogP contribution in [-0.2, 0) is 20.7 Å². The van der Waals surface area contributed by atoms with Crippen LogP contribution in [0.1, 0.15) is 17.5 Å². The molecule has 148 valence electrons. The van der Waals surface area contributed by atoms with Crippen molar-refractivity contribution in [3.8, 4) is 0 Å². The smallest absolute Gasteiger partial charge is 0.319 e. The fourth-order valence-corrected chi connectivity index (χ4v) is 2.47. The molecule has 3 N–H and O–H groups in total. The van der Waals surface area contributed by atoms with Crippen molar-refractivity contribution < 1.29 is 19.1 Å². The zero-order chi connectivity index (χ0) is 20.2. The lowest BCUT2D eigenvalue weighted by molar-refractivity contribution is -0.148. The Morgan fingerprint density at radius 2 is 1.61 bits per heavy atom. The zero-order valence-electron chi connectivity index (χ0n) is 15.9. The Labute approximate surface area is 164 Å². The number of hydrogen-bond acceptors (Lipinski definition) is 4. The number of carbonyl (C=O) groups excluding carboxylic acids is 3. The van der Waals surface area contributed by atoms with Crippen LogP contribution in [0.15, 0.2) is 54.6 Å². The van der Waals surface area contributed by atoms with Crippen LogP contribution < -0.4 is 16.0 Å². The van der Waals surface area contributed by atoms with E-state index in [4.69, 9.17) is 4.74 Å². The zero-order valence-corrected chi connectivity index (χ0v) is 15.9. The third kappa shape index (κ3) is 7.90. The number of ether oxygens (including phenoxy) is 1. The summed E-state index contributed by atoms with van der Waals surface area (Å²) in [4.78, 5) is 35.1. The van der Waals surface area contributed by atoms with Gasteiger partial charge in [0.05, 0.1) is 6.42 Å². The number of esters is 1. The van der Waals surface area contributed by atoms with Crippen molar-refractivity contribution in [1.82, 2.24) is 10.6 Å². The number of benzene rings is 2. The summed E-state index contributed by atoms with van der Waals surface area (Å²) in [5.41, 5.74) is 3.00. The minimum Gasteiger partial charge on any atom is -0.456 e. The predicted octanol–water partition coefficient (Wildman–Crippen LogP) is 2.41. The van der Waals surface area contributed by atoms with Crippen LogP contribution in [0.25, 0.3) is 0 Å². The Balaban J connectivity index is 1.54. The highest BCUT2D eigenvalue weighted by Gasteiger charge is 2.08. The molecular formula is C21H25N3O4. The summed E-state index contributed by atoms with van der Waals surface area (Å²) < 4.78 is 4.91. The second-order valence-corrected chi connectivity index (χ2v) is 6.18. The molecule has 0 aliphatic carbocycles. The molecule has 0 spiro atoms. The van der Waals surface area contributed by atoms with Crippen LogP contribution in [0.2, 0.25) is 0 Å². The number of anilines is 1. The first-order valence-electron chi connectivity index (χ1n) is 9.11. The van der Waals surface area contributed by atoms with Crippen LogP contribution in [-0.4, -0.2) is 37.6 Å². The number of hydrogen-bond donors (Lipinski definition) is 3.